The smallest absolute Gasteiger partial charge is 0.176 e. The Morgan fingerprint density at radius 2 is 1.93 bits per heavy atom. The van der Waals surface area contributed by atoms with Gasteiger partial charge in [-0.3, -0.25) is 9.48 Å². The van der Waals surface area contributed by atoms with E-state index in [1.807, 2.05) is 42.9 Å². The molecule has 0 saturated heterocycles. The van der Waals surface area contributed by atoms with E-state index >= 15 is 0 Å². The van der Waals surface area contributed by atoms with E-state index in [1.165, 1.54) is 6.33 Å². The summed E-state index contributed by atoms with van der Waals surface area (Å²) in [6, 6.07) is 12.4. The van der Waals surface area contributed by atoms with E-state index in [0.717, 1.165) is 40.9 Å². The average molecular weight is 395 g/mol. The van der Waals surface area contributed by atoms with Crippen molar-refractivity contribution in [1.29, 1.82) is 5.26 Å². The third kappa shape index (κ3) is 2.42. The summed E-state index contributed by atoms with van der Waals surface area (Å²) in [5.74, 6) is -0.236. The van der Waals surface area contributed by atoms with Gasteiger partial charge in [-0.2, -0.15) is 10.4 Å². The molecule has 30 heavy (non-hydrogen) atoms. The Hall–Kier alpha value is -3.59. The Bertz CT molecular complexity index is 1210. The zero-order valence-electron chi connectivity index (χ0n) is 16.9. The van der Waals surface area contributed by atoms with Crippen LogP contribution in [0.15, 0.2) is 60.7 Å². The summed E-state index contributed by atoms with van der Waals surface area (Å²) < 4.78 is 1.92. The number of hydrogen-bond donors (Lipinski definition) is 0. The molecule has 0 bridgehead atoms. The molecule has 0 spiro atoms. The van der Waals surface area contributed by atoms with Crippen LogP contribution in [0.3, 0.4) is 0 Å². The lowest BCUT2D eigenvalue weighted by Gasteiger charge is -2.48. The van der Waals surface area contributed by atoms with Gasteiger partial charge in [-0.25, -0.2) is 9.97 Å². The first-order valence-corrected chi connectivity index (χ1v) is 10.1. The molecule has 0 fully saturated rings. The second-order valence-corrected chi connectivity index (χ2v) is 8.13. The van der Waals surface area contributed by atoms with Crippen LogP contribution in [-0.2, 0) is 23.7 Å². The Balaban J connectivity index is 1.86. The van der Waals surface area contributed by atoms with Crippen LogP contribution >= 0.6 is 0 Å². The van der Waals surface area contributed by atoms with Crippen LogP contribution in [0.25, 0.3) is 11.3 Å². The van der Waals surface area contributed by atoms with Crippen LogP contribution in [0.5, 0.6) is 0 Å². The largest absolute Gasteiger partial charge is 0.293 e. The number of carbonyl (C=O) groups is 1. The Morgan fingerprint density at radius 1 is 1.20 bits per heavy atom. The minimum Gasteiger partial charge on any atom is -0.293 e. The minimum absolute atomic E-state index is 0.0589. The van der Waals surface area contributed by atoms with Gasteiger partial charge in [0.1, 0.15) is 12.4 Å². The highest BCUT2D eigenvalue weighted by molar-refractivity contribution is 6.02. The fourth-order valence-electron chi connectivity index (χ4n) is 5.46. The predicted molar refractivity (Wildman–Crippen MR) is 111 cm³/mol. The topological polar surface area (TPSA) is 84.5 Å². The fraction of sp³-hybridized carbons (Fsp3) is 0.292. The number of carbonyl (C=O) groups excluding carboxylic acids is 1. The van der Waals surface area contributed by atoms with Crippen LogP contribution < -0.4 is 0 Å². The van der Waals surface area contributed by atoms with Crippen molar-refractivity contribution in [3.05, 3.63) is 77.5 Å². The Labute approximate surface area is 174 Å². The lowest BCUT2D eigenvalue weighted by Crippen LogP contribution is -2.48. The molecular weight excluding hydrogens is 374 g/mol. The van der Waals surface area contributed by atoms with Crippen LogP contribution in [0.1, 0.15) is 30.2 Å². The number of aryl methyl sites for hydroxylation is 1. The number of rotatable bonds is 2. The van der Waals surface area contributed by atoms with Crippen molar-refractivity contribution in [3.8, 4) is 17.3 Å². The summed E-state index contributed by atoms with van der Waals surface area (Å²) in [6.45, 7) is 1.96. The molecule has 0 unspecified atom stereocenters. The van der Waals surface area contributed by atoms with Crippen LogP contribution in [0.4, 0.5) is 0 Å². The maximum atomic E-state index is 12.9. The summed E-state index contributed by atoms with van der Waals surface area (Å²) in [6.07, 6.45) is 8.63. The molecule has 1 aromatic carbocycles. The molecule has 2 aliphatic carbocycles. The van der Waals surface area contributed by atoms with Crippen molar-refractivity contribution < 1.29 is 4.79 Å². The van der Waals surface area contributed by atoms with Crippen LogP contribution in [0, 0.1) is 23.2 Å². The van der Waals surface area contributed by atoms with Gasteiger partial charge in [-0.15, -0.1) is 0 Å². The fourth-order valence-corrected chi connectivity index (χ4v) is 5.46. The molecule has 3 aromatic rings. The molecule has 2 aliphatic rings. The van der Waals surface area contributed by atoms with E-state index in [2.05, 4.69) is 28.2 Å². The molecule has 6 heteroatoms. The third-order valence-corrected chi connectivity index (χ3v) is 6.69. The van der Waals surface area contributed by atoms with Crippen LogP contribution in [-0.4, -0.2) is 25.5 Å². The second kappa shape index (κ2) is 6.74. The quantitative estimate of drug-likeness (QED) is 0.664. The molecule has 3 atom stereocenters. The number of nitrogens with zero attached hydrogens (tertiary/aromatic N) is 5. The van der Waals surface area contributed by atoms with Crippen molar-refractivity contribution >= 4 is 5.78 Å². The zero-order valence-corrected chi connectivity index (χ0v) is 16.9. The SMILES string of the molecule is C[C@@H]1C(=O)C(C#N)=C[C@]2(c3ccccc3)c3c(c(-c4cncnc4)nn3C)CC[C@@H]12. The standard InChI is InChI=1S/C24H21N5O/c1-15-20-9-8-19-21(17-12-26-14-27-13-17)28-29(2)23(19)24(20,10-16(11-25)22(15)30)18-6-4-3-5-7-18/h3-7,10,12-15,20H,8-9H2,1-2H3/t15-,20-,24+/m0/s1. The molecule has 2 aromatic heterocycles. The van der Waals surface area contributed by atoms with Gasteiger partial charge >= 0.3 is 0 Å². The van der Waals surface area contributed by atoms with Gasteiger partial charge in [0.15, 0.2) is 5.78 Å². The molecule has 0 N–H and O–H groups in total. The number of ketones is 1. The van der Waals surface area contributed by atoms with Crippen LogP contribution in [0.2, 0.25) is 0 Å². The first kappa shape index (κ1) is 18.4. The van der Waals surface area contributed by atoms with E-state index < -0.39 is 5.41 Å². The van der Waals surface area contributed by atoms with E-state index in [4.69, 9.17) is 5.10 Å². The first-order valence-electron chi connectivity index (χ1n) is 10.1. The van der Waals surface area contributed by atoms with Crippen molar-refractivity contribution in [1.82, 2.24) is 19.7 Å². The summed E-state index contributed by atoms with van der Waals surface area (Å²) in [5.41, 5.74) is 4.68. The second-order valence-electron chi connectivity index (χ2n) is 8.13. The Kier molecular flexibility index (Phi) is 4.14. The highest BCUT2D eigenvalue weighted by atomic mass is 16.1. The molecular formula is C24H21N5O. The molecule has 0 aliphatic heterocycles. The Morgan fingerprint density at radius 3 is 2.63 bits per heavy atom. The summed E-state index contributed by atoms with van der Waals surface area (Å²) in [4.78, 5) is 21.2. The van der Waals surface area contributed by atoms with Gasteiger partial charge in [-0.1, -0.05) is 37.3 Å². The molecule has 2 heterocycles. The van der Waals surface area contributed by atoms with Crippen molar-refractivity contribution in [3.63, 3.8) is 0 Å². The number of benzene rings is 1. The van der Waals surface area contributed by atoms with Gasteiger partial charge < -0.3 is 0 Å². The third-order valence-electron chi connectivity index (χ3n) is 6.69. The molecule has 5 rings (SSSR count). The minimum atomic E-state index is -0.580. The number of nitriles is 1. The normalized spacial score (nSPS) is 25.1. The number of hydrogen-bond acceptors (Lipinski definition) is 5. The molecule has 0 radical (unpaired) electrons. The van der Waals surface area contributed by atoms with E-state index in [9.17, 15) is 10.1 Å². The molecule has 6 nitrogen and oxygen atoms in total. The zero-order chi connectivity index (χ0) is 20.9. The van der Waals surface area contributed by atoms with Crippen molar-refractivity contribution in [2.24, 2.45) is 18.9 Å². The van der Waals surface area contributed by atoms with Crippen molar-refractivity contribution in [2.45, 2.75) is 25.2 Å². The molecule has 0 amide bonds. The van der Waals surface area contributed by atoms with Gasteiger partial charge in [0.25, 0.3) is 0 Å². The lowest BCUT2D eigenvalue weighted by atomic mass is 9.54. The maximum absolute atomic E-state index is 12.9. The first-order chi connectivity index (χ1) is 14.6. The van der Waals surface area contributed by atoms with Crippen molar-refractivity contribution in [2.75, 3.05) is 0 Å². The van der Waals surface area contributed by atoms with E-state index in [-0.39, 0.29) is 23.2 Å². The van der Waals surface area contributed by atoms with Gasteiger partial charge in [0.05, 0.1) is 22.4 Å². The molecule has 148 valence electrons. The number of aromatic nitrogens is 4. The van der Waals surface area contributed by atoms with E-state index in [0.29, 0.717) is 0 Å². The maximum Gasteiger partial charge on any atom is 0.176 e. The van der Waals surface area contributed by atoms with Gasteiger partial charge in [0, 0.05) is 36.5 Å². The number of allylic oxidation sites excluding steroid dienone is 2. The van der Waals surface area contributed by atoms with E-state index in [1.54, 1.807) is 12.4 Å². The monoisotopic (exact) mass is 395 g/mol. The number of Topliss-reactive ketones (excluding diaryl/α,β-unsaturated/α-hetero) is 1. The summed E-state index contributed by atoms with van der Waals surface area (Å²) >= 11 is 0. The predicted octanol–water partition coefficient (Wildman–Crippen LogP) is 3.39. The van der Waals surface area contributed by atoms with Gasteiger partial charge in [-0.05, 0) is 30.4 Å². The average Bonchev–Trinajstić information content (AvgIpc) is 3.14. The van der Waals surface area contributed by atoms with Gasteiger partial charge in [0.2, 0.25) is 0 Å². The summed E-state index contributed by atoms with van der Waals surface area (Å²) in [7, 11) is 1.94. The number of fused-ring (bicyclic) bond motifs is 3. The molecule has 0 saturated carbocycles. The highest BCUT2D eigenvalue weighted by Crippen LogP contribution is 2.54. The highest BCUT2D eigenvalue weighted by Gasteiger charge is 2.54. The lowest BCUT2D eigenvalue weighted by molar-refractivity contribution is -0.121. The summed E-state index contributed by atoms with van der Waals surface area (Å²) in [5, 5.41) is 14.6.